The number of hydrogen-bond donors (Lipinski definition) is 1. The lowest BCUT2D eigenvalue weighted by Gasteiger charge is -2.22. The molecule has 1 atom stereocenters. The van der Waals surface area contributed by atoms with Crippen molar-refractivity contribution in [1.29, 1.82) is 0 Å². The summed E-state index contributed by atoms with van der Waals surface area (Å²) in [4.78, 5) is 15.2. The van der Waals surface area contributed by atoms with Gasteiger partial charge in [-0.15, -0.1) is 0 Å². The summed E-state index contributed by atoms with van der Waals surface area (Å²) in [6.07, 6.45) is 5.03. The molecular formula is C21H27NO4. The molecule has 5 heteroatoms. The fourth-order valence-corrected chi connectivity index (χ4v) is 3.11. The molecule has 0 amide bonds. The Kier molecular flexibility index (Phi) is 6.72. The molecule has 1 N–H and O–H groups in total. The summed E-state index contributed by atoms with van der Waals surface area (Å²) in [6.45, 7) is 3.92. The quantitative estimate of drug-likeness (QED) is 0.785. The van der Waals surface area contributed by atoms with Crippen LogP contribution in [-0.4, -0.2) is 30.9 Å². The first-order valence-electron chi connectivity index (χ1n) is 9.42. The zero-order valence-corrected chi connectivity index (χ0v) is 15.3. The molecule has 26 heavy (non-hydrogen) atoms. The second-order valence-electron chi connectivity index (χ2n) is 6.58. The second kappa shape index (κ2) is 9.43. The van der Waals surface area contributed by atoms with Gasteiger partial charge >= 0.3 is 0 Å². The van der Waals surface area contributed by atoms with Gasteiger partial charge in [0.25, 0.3) is 0 Å². The van der Waals surface area contributed by atoms with Gasteiger partial charge < -0.3 is 19.2 Å². The van der Waals surface area contributed by atoms with Crippen LogP contribution >= 0.6 is 0 Å². The lowest BCUT2D eigenvalue weighted by atomic mass is 10.1. The van der Waals surface area contributed by atoms with E-state index in [1.165, 1.54) is 18.1 Å². The third-order valence-electron chi connectivity index (χ3n) is 4.49. The minimum absolute atomic E-state index is 0.0370. The highest BCUT2D eigenvalue weighted by atomic mass is 16.5. The average Bonchev–Trinajstić information content (AvgIpc) is 2.67. The summed E-state index contributed by atoms with van der Waals surface area (Å²) >= 11 is 0. The molecule has 5 nitrogen and oxygen atoms in total. The van der Waals surface area contributed by atoms with Gasteiger partial charge in [0.15, 0.2) is 11.3 Å². The number of ether oxygens (including phenoxy) is 3. The van der Waals surface area contributed by atoms with Crippen molar-refractivity contribution in [1.82, 2.24) is 4.98 Å². The first-order valence-corrected chi connectivity index (χ1v) is 9.42. The third-order valence-corrected chi connectivity index (χ3v) is 4.49. The Hall–Kier alpha value is -2.27. The molecule has 0 aliphatic carbocycles. The van der Waals surface area contributed by atoms with Crippen molar-refractivity contribution < 1.29 is 14.2 Å². The van der Waals surface area contributed by atoms with Crippen LogP contribution in [0.15, 0.2) is 41.2 Å². The van der Waals surface area contributed by atoms with Gasteiger partial charge in [0.2, 0.25) is 0 Å². The van der Waals surface area contributed by atoms with Gasteiger partial charge in [-0.25, -0.2) is 0 Å². The minimum atomic E-state index is -0.0370. The molecule has 140 valence electrons. The van der Waals surface area contributed by atoms with Crippen LogP contribution in [0.1, 0.15) is 37.4 Å². The minimum Gasteiger partial charge on any atom is -0.494 e. The van der Waals surface area contributed by atoms with E-state index >= 15 is 0 Å². The summed E-state index contributed by atoms with van der Waals surface area (Å²) < 4.78 is 16.9. The number of hydrogen-bond acceptors (Lipinski definition) is 4. The van der Waals surface area contributed by atoms with Crippen LogP contribution in [-0.2, 0) is 17.6 Å². The fourth-order valence-electron chi connectivity index (χ4n) is 3.11. The molecule has 2 aromatic rings. The van der Waals surface area contributed by atoms with Crippen LogP contribution in [0.2, 0.25) is 0 Å². The van der Waals surface area contributed by atoms with Crippen LogP contribution in [0.25, 0.3) is 0 Å². The standard InChI is InChI=1S/C21H27NO4/c1-2-24-19-10-7-16(8-11-19)6-9-17-13-18(23)14-21(22-17)26-15-20-5-3-4-12-25-20/h7-8,10-11,13-14,20H,2-6,9,12,15H2,1H3,(H,22,23). The molecule has 1 aromatic carbocycles. The van der Waals surface area contributed by atoms with E-state index in [-0.39, 0.29) is 11.5 Å². The highest BCUT2D eigenvalue weighted by Crippen LogP contribution is 2.16. The van der Waals surface area contributed by atoms with Crippen molar-refractivity contribution >= 4 is 0 Å². The molecule has 0 radical (unpaired) electrons. The molecule has 1 fully saturated rings. The second-order valence-corrected chi connectivity index (χ2v) is 6.58. The van der Waals surface area contributed by atoms with Crippen molar-refractivity contribution in [3.8, 4) is 11.6 Å². The molecule has 1 saturated heterocycles. The van der Waals surface area contributed by atoms with E-state index in [4.69, 9.17) is 14.2 Å². The van der Waals surface area contributed by atoms with E-state index in [1.54, 1.807) is 6.07 Å². The smallest absolute Gasteiger partial charge is 0.194 e. The van der Waals surface area contributed by atoms with Crippen molar-refractivity contribution in [3.05, 3.63) is 57.9 Å². The molecule has 0 spiro atoms. The van der Waals surface area contributed by atoms with Crippen molar-refractivity contribution in [2.24, 2.45) is 0 Å². The van der Waals surface area contributed by atoms with Crippen LogP contribution in [0.3, 0.4) is 0 Å². The van der Waals surface area contributed by atoms with Crippen molar-refractivity contribution in [3.63, 3.8) is 0 Å². The van der Waals surface area contributed by atoms with E-state index in [2.05, 4.69) is 17.1 Å². The van der Waals surface area contributed by atoms with Gasteiger partial charge in [-0.3, -0.25) is 4.79 Å². The maximum absolute atomic E-state index is 11.9. The van der Waals surface area contributed by atoms with Crippen molar-refractivity contribution in [2.75, 3.05) is 19.8 Å². The molecular weight excluding hydrogens is 330 g/mol. The average molecular weight is 357 g/mol. The van der Waals surface area contributed by atoms with E-state index in [0.717, 1.165) is 43.7 Å². The summed E-state index contributed by atoms with van der Waals surface area (Å²) in [5, 5.41) is 0. The Labute approximate surface area is 154 Å². The summed E-state index contributed by atoms with van der Waals surface area (Å²) in [7, 11) is 0. The number of aromatic amines is 1. The molecule has 3 rings (SSSR count). The SMILES string of the molecule is CCOc1ccc(CCc2cc(=O)cc(OCC3CCCCO3)[nH]2)cc1. The molecule has 1 unspecified atom stereocenters. The van der Waals surface area contributed by atoms with E-state index in [9.17, 15) is 4.79 Å². The molecule has 1 aliphatic heterocycles. The lowest BCUT2D eigenvalue weighted by molar-refractivity contribution is -0.0120. The highest BCUT2D eigenvalue weighted by Gasteiger charge is 2.14. The van der Waals surface area contributed by atoms with Crippen LogP contribution in [0.5, 0.6) is 11.6 Å². The maximum Gasteiger partial charge on any atom is 0.194 e. The summed E-state index contributed by atoms with van der Waals surface area (Å²) in [6, 6.07) is 11.2. The Morgan fingerprint density at radius 2 is 1.96 bits per heavy atom. The Bertz CT molecular complexity index is 732. The predicted molar refractivity (Wildman–Crippen MR) is 101 cm³/mol. The van der Waals surface area contributed by atoms with Gasteiger partial charge in [-0.05, 0) is 56.7 Å². The van der Waals surface area contributed by atoms with E-state index in [0.29, 0.717) is 19.1 Å². The van der Waals surface area contributed by atoms with Gasteiger partial charge in [0.1, 0.15) is 12.4 Å². The molecule has 1 aromatic heterocycles. The summed E-state index contributed by atoms with van der Waals surface area (Å²) in [5.74, 6) is 1.40. The summed E-state index contributed by atoms with van der Waals surface area (Å²) in [5.41, 5.74) is 2.05. The van der Waals surface area contributed by atoms with Crippen molar-refractivity contribution in [2.45, 2.75) is 45.1 Å². The van der Waals surface area contributed by atoms with Gasteiger partial charge in [-0.1, -0.05) is 12.1 Å². The third kappa shape index (κ3) is 5.63. The largest absolute Gasteiger partial charge is 0.494 e. The Morgan fingerprint density at radius 1 is 1.12 bits per heavy atom. The fraction of sp³-hybridized carbons (Fsp3) is 0.476. The number of H-pyrrole nitrogens is 1. The maximum atomic E-state index is 11.9. The zero-order chi connectivity index (χ0) is 18.2. The number of aryl methyl sites for hydroxylation is 2. The van der Waals surface area contributed by atoms with Gasteiger partial charge in [0, 0.05) is 24.4 Å². The Morgan fingerprint density at radius 3 is 2.69 bits per heavy atom. The number of rotatable bonds is 8. The normalized spacial score (nSPS) is 17.0. The first kappa shape index (κ1) is 18.5. The topological polar surface area (TPSA) is 60.6 Å². The number of pyridine rings is 1. The monoisotopic (exact) mass is 357 g/mol. The highest BCUT2D eigenvalue weighted by molar-refractivity contribution is 5.28. The van der Waals surface area contributed by atoms with Crippen LogP contribution in [0.4, 0.5) is 0 Å². The first-order chi connectivity index (χ1) is 12.7. The predicted octanol–water partition coefficient (Wildman–Crippen LogP) is 3.51. The van der Waals surface area contributed by atoms with E-state index < -0.39 is 0 Å². The molecule has 0 bridgehead atoms. The lowest BCUT2D eigenvalue weighted by Crippen LogP contribution is -2.26. The van der Waals surface area contributed by atoms with E-state index in [1.807, 2.05) is 19.1 Å². The number of nitrogens with one attached hydrogen (secondary N) is 1. The van der Waals surface area contributed by atoms with Crippen LogP contribution < -0.4 is 14.9 Å². The molecule has 1 aliphatic rings. The zero-order valence-electron chi connectivity index (χ0n) is 15.3. The number of benzene rings is 1. The van der Waals surface area contributed by atoms with Gasteiger partial charge in [-0.2, -0.15) is 0 Å². The molecule has 0 saturated carbocycles. The number of aromatic nitrogens is 1. The van der Waals surface area contributed by atoms with Crippen LogP contribution in [0, 0.1) is 0 Å². The Balaban J connectivity index is 1.55. The molecule has 2 heterocycles. The van der Waals surface area contributed by atoms with Gasteiger partial charge in [0.05, 0.1) is 12.7 Å².